The molecule has 2 atom stereocenters. The molecule has 1 amide bonds. The van der Waals surface area contributed by atoms with Crippen LogP contribution in [-0.4, -0.2) is 61.8 Å². The Morgan fingerprint density at radius 3 is 2.20 bits per heavy atom. The summed E-state index contributed by atoms with van der Waals surface area (Å²) in [7, 11) is 3.67. The summed E-state index contributed by atoms with van der Waals surface area (Å²) < 4.78 is 24.4. The number of aldehydes is 2. The van der Waals surface area contributed by atoms with Crippen molar-refractivity contribution in [3.63, 3.8) is 0 Å². The Morgan fingerprint density at radius 2 is 1.83 bits per heavy atom. The third kappa shape index (κ3) is 11.4. The van der Waals surface area contributed by atoms with Crippen LogP contribution in [0.15, 0.2) is 18.2 Å². The van der Waals surface area contributed by atoms with Gasteiger partial charge in [0.25, 0.3) is 0 Å². The quantitative estimate of drug-likeness (QED) is 0.571. The largest absolute Gasteiger partial charge is 0.332 e. The fourth-order valence-electron chi connectivity index (χ4n) is 3.59. The highest BCUT2D eigenvalue weighted by Gasteiger charge is 2.42. The fraction of sp³-hybridized carbons (Fsp3) is 0.667. The van der Waals surface area contributed by atoms with Crippen molar-refractivity contribution in [1.29, 1.82) is 0 Å². The molecule has 0 radical (unpaired) electrons. The molecular formula is C27H45F2N3O3. The molecule has 1 aliphatic carbocycles. The number of amides is 1. The van der Waals surface area contributed by atoms with Gasteiger partial charge in [-0.15, -0.1) is 0 Å². The summed E-state index contributed by atoms with van der Waals surface area (Å²) in [5.41, 5.74) is 0.621. The summed E-state index contributed by atoms with van der Waals surface area (Å²) >= 11 is 0. The minimum absolute atomic E-state index is 0.0459. The van der Waals surface area contributed by atoms with Gasteiger partial charge in [-0.05, 0) is 75.4 Å². The second-order valence-electron chi connectivity index (χ2n) is 9.72. The van der Waals surface area contributed by atoms with Gasteiger partial charge >= 0.3 is 0 Å². The number of benzene rings is 1. The topological polar surface area (TPSA) is 78.5 Å². The SMILES string of the molecule is CC.CNC(C(=O)N1CCCC1C=O)C(C)(C)C.CNCc1ccc(F)cc1C.O=CC1(F)CC1. The number of likely N-dealkylation sites (N-methyl/N-ethyl adjacent to an activating group) is 1. The number of halogens is 2. The van der Waals surface area contributed by atoms with E-state index in [2.05, 4.69) is 10.6 Å². The minimum Gasteiger partial charge on any atom is -0.332 e. The second kappa shape index (κ2) is 15.7. The molecule has 35 heavy (non-hydrogen) atoms. The number of likely N-dealkylation sites (tertiary alicyclic amines) is 1. The van der Waals surface area contributed by atoms with Crippen molar-refractivity contribution in [1.82, 2.24) is 15.5 Å². The Hall–Kier alpha value is -2.19. The van der Waals surface area contributed by atoms with E-state index < -0.39 is 5.67 Å². The summed E-state index contributed by atoms with van der Waals surface area (Å²) in [5, 5.41) is 6.08. The van der Waals surface area contributed by atoms with Crippen molar-refractivity contribution in [2.75, 3.05) is 20.6 Å². The molecule has 1 saturated carbocycles. The first-order valence-corrected chi connectivity index (χ1v) is 12.4. The Morgan fingerprint density at radius 1 is 1.23 bits per heavy atom. The summed E-state index contributed by atoms with van der Waals surface area (Å²) in [6.45, 7) is 13.5. The minimum atomic E-state index is -1.39. The van der Waals surface area contributed by atoms with Crippen molar-refractivity contribution in [3.8, 4) is 0 Å². The van der Waals surface area contributed by atoms with Crippen molar-refractivity contribution in [2.45, 2.75) is 91.5 Å². The summed E-state index contributed by atoms with van der Waals surface area (Å²) in [6.07, 6.45) is 3.88. The van der Waals surface area contributed by atoms with E-state index in [4.69, 9.17) is 0 Å². The van der Waals surface area contributed by atoms with Gasteiger partial charge in [0.1, 0.15) is 12.1 Å². The van der Waals surface area contributed by atoms with Gasteiger partial charge in [-0.25, -0.2) is 8.78 Å². The van der Waals surface area contributed by atoms with Crippen LogP contribution in [-0.2, 0) is 20.9 Å². The van der Waals surface area contributed by atoms with E-state index in [1.807, 2.05) is 48.6 Å². The number of hydrogen-bond acceptors (Lipinski definition) is 5. The van der Waals surface area contributed by atoms with Gasteiger partial charge in [0.2, 0.25) is 5.91 Å². The lowest BCUT2D eigenvalue weighted by Gasteiger charge is -2.33. The predicted octanol–water partition coefficient (Wildman–Crippen LogP) is 4.38. The van der Waals surface area contributed by atoms with Crippen LogP contribution in [0.25, 0.3) is 0 Å². The first-order chi connectivity index (χ1) is 16.4. The van der Waals surface area contributed by atoms with E-state index in [9.17, 15) is 23.2 Å². The normalized spacial score (nSPS) is 18.5. The van der Waals surface area contributed by atoms with Gasteiger partial charge in [0.15, 0.2) is 12.0 Å². The van der Waals surface area contributed by atoms with Crippen LogP contribution in [0, 0.1) is 18.2 Å². The standard InChI is InChI=1S/C12H22N2O2.C9H12FN.C4H5FO.C2H6/c1-12(2,3)10(13-4)11(16)14-7-5-6-9(14)8-15;1-7-5-9(10)4-3-8(7)6-11-2;5-4(3-6)1-2-4;1-2/h8-10,13H,5-7H2,1-4H3;3-5,11H,6H2,1-2H3;3H,1-2H2;1-2H3. The fourth-order valence-corrected chi connectivity index (χ4v) is 3.59. The zero-order valence-corrected chi connectivity index (χ0v) is 22.7. The van der Waals surface area contributed by atoms with Crippen LogP contribution in [0.2, 0.25) is 0 Å². The number of nitrogens with zero attached hydrogens (tertiary/aromatic N) is 1. The zero-order chi connectivity index (χ0) is 27.2. The molecule has 1 aromatic rings. The lowest BCUT2D eigenvalue weighted by Crippen LogP contribution is -2.53. The van der Waals surface area contributed by atoms with E-state index in [1.54, 1.807) is 24.1 Å². The van der Waals surface area contributed by atoms with Crippen LogP contribution in [0.4, 0.5) is 8.78 Å². The molecule has 1 heterocycles. The maximum atomic E-state index is 12.6. The number of carbonyl (C=O) groups excluding carboxylic acids is 3. The average Bonchev–Trinajstić information content (AvgIpc) is 3.37. The highest BCUT2D eigenvalue weighted by molar-refractivity contribution is 5.85. The average molecular weight is 498 g/mol. The second-order valence-corrected chi connectivity index (χ2v) is 9.72. The number of aryl methyl sites for hydroxylation is 1. The van der Waals surface area contributed by atoms with Gasteiger partial charge in [0.05, 0.1) is 12.1 Å². The highest BCUT2D eigenvalue weighted by atomic mass is 19.1. The third-order valence-corrected chi connectivity index (χ3v) is 5.75. The van der Waals surface area contributed by atoms with Crippen LogP contribution >= 0.6 is 0 Å². The van der Waals surface area contributed by atoms with Gasteiger partial charge in [-0.2, -0.15) is 0 Å². The Bertz CT molecular complexity index is 792. The first kappa shape index (κ1) is 32.8. The molecule has 2 aliphatic rings. The Balaban J connectivity index is 0.000000523. The number of hydrogen-bond donors (Lipinski definition) is 2. The molecule has 2 fully saturated rings. The lowest BCUT2D eigenvalue weighted by atomic mass is 9.86. The van der Waals surface area contributed by atoms with Gasteiger partial charge in [-0.3, -0.25) is 9.59 Å². The maximum Gasteiger partial charge on any atom is 0.240 e. The van der Waals surface area contributed by atoms with Crippen molar-refractivity contribution < 1.29 is 23.2 Å². The Labute approximate surface area is 210 Å². The zero-order valence-electron chi connectivity index (χ0n) is 22.7. The lowest BCUT2D eigenvalue weighted by molar-refractivity contribution is -0.138. The molecule has 1 aliphatic heterocycles. The Kier molecular flexibility index (Phi) is 14.7. The first-order valence-electron chi connectivity index (χ1n) is 12.4. The molecule has 0 spiro atoms. The molecule has 0 aromatic heterocycles. The molecule has 1 aromatic carbocycles. The summed E-state index contributed by atoms with van der Waals surface area (Å²) in [6, 6.07) is 4.40. The third-order valence-electron chi connectivity index (χ3n) is 5.75. The maximum absolute atomic E-state index is 12.6. The van der Waals surface area contributed by atoms with E-state index in [0.717, 1.165) is 36.8 Å². The van der Waals surface area contributed by atoms with Crippen LogP contribution in [0.1, 0.15) is 71.4 Å². The molecule has 0 bridgehead atoms. The number of alkyl halides is 1. The van der Waals surface area contributed by atoms with Crippen molar-refractivity contribution >= 4 is 18.5 Å². The smallest absolute Gasteiger partial charge is 0.240 e. The molecule has 2 unspecified atom stereocenters. The van der Waals surface area contributed by atoms with Crippen molar-refractivity contribution in [3.05, 3.63) is 35.1 Å². The molecular weight excluding hydrogens is 452 g/mol. The van der Waals surface area contributed by atoms with E-state index in [1.165, 1.54) is 6.07 Å². The van der Waals surface area contributed by atoms with Gasteiger partial charge in [0, 0.05) is 13.1 Å². The summed E-state index contributed by atoms with van der Waals surface area (Å²) in [5.74, 6) is -0.119. The molecule has 3 rings (SSSR count). The van der Waals surface area contributed by atoms with E-state index >= 15 is 0 Å². The number of rotatable bonds is 6. The van der Waals surface area contributed by atoms with Crippen LogP contribution in [0.5, 0.6) is 0 Å². The molecule has 200 valence electrons. The predicted molar refractivity (Wildman–Crippen MR) is 137 cm³/mol. The number of nitrogens with one attached hydrogen (secondary N) is 2. The van der Waals surface area contributed by atoms with Gasteiger partial charge in [-0.1, -0.05) is 40.7 Å². The molecule has 1 saturated heterocycles. The van der Waals surface area contributed by atoms with Crippen LogP contribution < -0.4 is 10.6 Å². The molecule has 8 heteroatoms. The van der Waals surface area contributed by atoms with E-state index in [-0.39, 0.29) is 29.2 Å². The van der Waals surface area contributed by atoms with Gasteiger partial charge < -0.3 is 20.3 Å². The van der Waals surface area contributed by atoms with Crippen LogP contribution in [0.3, 0.4) is 0 Å². The monoisotopic (exact) mass is 497 g/mol. The molecule has 2 N–H and O–H groups in total. The van der Waals surface area contributed by atoms with E-state index in [0.29, 0.717) is 25.7 Å². The summed E-state index contributed by atoms with van der Waals surface area (Å²) in [4.78, 5) is 34.4. The van der Waals surface area contributed by atoms with Crippen molar-refractivity contribution in [2.24, 2.45) is 5.41 Å². The highest BCUT2D eigenvalue weighted by Crippen LogP contribution is 2.36. The number of carbonyl (C=O) groups is 3. The molecule has 6 nitrogen and oxygen atoms in total.